The van der Waals surface area contributed by atoms with Gasteiger partial charge >= 0.3 is 0 Å². The number of nitrogens with one attached hydrogen (secondary N) is 1. The zero-order valence-corrected chi connectivity index (χ0v) is 15.6. The first kappa shape index (κ1) is 18.8. The van der Waals surface area contributed by atoms with Crippen LogP contribution in [0.4, 0.5) is 10.1 Å². The van der Waals surface area contributed by atoms with Crippen LogP contribution in [0.25, 0.3) is 0 Å². The number of sulfonamides is 1. The van der Waals surface area contributed by atoms with Crippen molar-refractivity contribution in [1.29, 1.82) is 0 Å². The molecule has 0 bridgehead atoms. The second-order valence-corrected chi connectivity index (χ2v) is 8.67. The number of halogens is 2. The monoisotopic (exact) mass is 396 g/mol. The minimum absolute atomic E-state index is 0.0959. The number of nitrogens with zero attached hydrogens (tertiary/aromatic N) is 1. The number of hydrogen-bond acceptors (Lipinski definition) is 3. The van der Waals surface area contributed by atoms with Gasteiger partial charge in [0.15, 0.2) is 0 Å². The molecule has 1 aliphatic heterocycles. The summed E-state index contributed by atoms with van der Waals surface area (Å²) in [7, 11) is -3.58. The third-order valence-electron chi connectivity index (χ3n) is 4.42. The fourth-order valence-electron chi connectivity index (χ4n) is 2.98. The number of fused-ring (bicyclic) bond motifs is 1. The quantitative estimate of drug-likeness (QED) is 0.863. The molecule has 138 valence electrons. The second-order valence-electron chi connectivity index (χ2n) is 6.05. The van der Waals surface area contributed by atoms with E-state index in [1.807, 2.05) is 24.3 Å². The highest BCUT2D eigenvalue weighted by molar-refractivity contribution is 7.89. The molecule has 1 atom stereocenters. The molecule has 1 aliphatic rings. The molecule has 2 aromatic rings. The molecule has 0 unspecified atom stereocenters. The molecule has 0 aromatic heterocycles. The van der Waals surface area contributed by atoms with Gasteiger partial charge in [-0.1, -0.05) is 35.9 Å². The summed E-state index contributed by atoms with van der Waals surface area (Å²) >= 11 is 5.74. The van der Waals surface area contributed by atoms with Crippen LogP contribution < -0.4 is 5.32 Å². The van der Waals surface area contributed by atoms with Crippen molar-refractivity contribution in [3.8, 4) is 0 Å². The van der Waals surface area contributed by atoms with Gasteiger partial charge in [0.05, 0.1) is 10.8 Å². The van der Waals surface area contributed by atoms with Gasteiger partial charge in [-0.2, -0.15) is 4.31 Å². The molecule has 0 aliphatic carbocycles. The van der Waals surface area contributed by atoms with Crippen LogP contribution in [0.15, 0.2) is 42.5 Å². The molecule has 0 saturated carbocycles. The lowest BCUT2D eigenvalue weighted by atomic mass is 9.95. The summed E-state index contributed by atoms with van der Waals surface area (Å²) in [6.07, 6.45) is 0.274. The molecule has 0 fully saturated rings. The number of carbonyl (C=O) groups is 1. The first-order valence-electron chi connectivity index (χ1n) is 8.14. The smallest absolute Gasteiger partial charge is 0.243 e. The summed E-state index contributed by atoms with van der Waals surface area (Å²) in [5.41, 5.74) is 2.14. The van der Waals surface area contributed by atoms with Gasteiger partial charge in [-0.3, -0.25) is 4.79 Å². The van der Waals surface area contributed by atoms with E-state index in [0.717, 1.165) is 17.2 Å². The summed E-state index contributed by atoms with van der Waals surface area (Å²) in [5.74, 6) is -1.16. The summed E-state index contributed by atoms with van der Waals surface area (Å²) < 4.78 is 39.5. The lowest BCUT2D eigenvalue weighted by molar-refractivity contribution is -0.120. The summed E-state index contributed by atoms with van der Waals surface area (Å²) in [5, 5.41) is 2.52. The summed E-state index contributed by atoms with van der Waals surface area (Å²) in [6.45, 7) is 1.69. The van der Waals surface area contributed by atoms with E-state index in [2.05, 4.69) is 5.32 Å². The molecule has 8 heteroatoms. The Morgan fingerprint density at radius 3 is 2.62 bits per heavy atom. The molecule has 2 aromatic carbocycles. The van der Waals surface area contributed by atoms with E-state index in [-0.39, 0.29) is 23.7 Å². The number of anilines is 1. The van der Waals surface area contributed by atoms with Crippen LogP contribution in [0.1, 0.15) is 18.1 Å². The first-order chi connectivity index (χ1) is 12.3. The minimum Gasteiger partial charge on any atom is -0.325 e. The Labute approximate surface area is 156 Å². The molecule has 0 radical (unpaired) electrons. The summed E-state index contributed by atoms with van der Waals surface area (Å²) in [6, 6.07) is 10.4. The number of benzene rings is 2. The number of carbonyl (C=O) groups excluding carboxylic acids is 1. The third kappa shape index (κ3) is 3.75. The van der Waals surface area contributed by atoms with Gasteiger partial charge in [-0.05, 0) is 42.7 Å². The summed E-state index contributed by atoms with van der Waals surface area (Å²) in [4.78, 5) is 12.8. The fourth-order valence-corrected chi connectivity index (χ4v) is 4.39. The van der Waals surface area contributed by atoms with Crippen molar-refractivity contribution in [2.45, 2.75) is 25.9 Å². The van der Waals surface area contributed by atoms with Crippen LogP contribution in [0, 0.1) is 5.82 Å². The predicted octanol–water partition coefficient (Wildman–Crippen LogP) is 3.19. The number of hydrogen-bond donors (Lipinski definition) is 1. The van der Waals surface area contributed by atoms with Crippen LogP contribution in [0.2, 0.25) is 5.02 Å². The maximum absolute atomic E-state index is 13.3. The molecule has 1 N–H and O–H groups in total. The van der Waals surface area contributed by atoms with Crippen molar-refractivity contribution >= 4 is 33.2 Å². The Hall–Kier alpha value is -1.96. The maximum atomic E-state index is 13.3. The van der Waals surface area contributed by atoms with E-state index in [1.54, 1.807) is 6.92 Å². The molecule has 3 rings (SSSR count). The highest BCUT2D eigenvalue weighted by atomic mass is 35.5. The Balaban J connectivity index is 1.91. The van der Waals surface area contributed by atoms with Gasteiger partial charge in [0.25, 0.3) is 0 Å². The molecular formula is C18H18ClFN2O3S. The van der Waals surface area contributed by atoms with Gasteiger partial charge in [0, 0.05) is 12.2 Å². The van der Waals surface area contributed by atoms with Crippen molar-refractivity contribution < 1.29 is 17.6 Å². The fraction of sp³-hybridized carbons (Fsp3) is 0.278. The normalized spacial score (nSPS) is 17.6. The van der Waals surface area contributed by atoms with E-state index >= 15 is 0 Å². The molecule has 0 spiro atoms. The predicted molar refractivity (Wildman–Crippen MR) is 99.0 cm³/mol. The Kier molecular flexibility index (Phi) is 5.32. The second kappa shape index (κ2) is 7.34. The van der Waals surface area contributed by atoms with E-state index < -0.39 is 27.8 Å². The highest BCUT2D eigenvalue weighted by Gasteiger charge is 2.37. The minimum atomic E-state index is -3.58. The zero-order chi connectivity index (χ0) is 18.9. The van der Waals surface area contributed by atoms with Crippen LogP contribution in [0.5, 0.6) is 0 Å². The average Bonchev–Trinajstić information content (AvgIpc) is 2.63. The Morgan fingerprint density at radius 1 is 1.27 bits per heavy atom. The first-order valence-corrected chi connectivity index (χ1v) is 10.1. The highest BCUT2D eigenvalue weighted by Crippen LogP contribution is 2.27. The number of amides is 1. The molecule has 0 saturated heterocycles. The van der Waals surface area contributed by atoms with E-state index in [1.165, 1.54) is 16.4 Å². The standard InChI is InChI=1S/C18H18ClFN2O3S/c1-2-26(24,25)22-11-13-6-4-3-5-12(13)9-17(22)18(23)21-14-7-8-16(20)15(19)10-14/h3-8,10,17H,2,9,11H2,1H3,(H,21,23)/t17-/m1/s1. The van der Waals surface area contributed by atoms with Crippen molar-refractivity contribution in [2.24, 2.45) is 0 Å². The molecule has 5 nitrogen and oxygen atoms in total. The maximum Gasteiger partial charge on any atom is 0.243 e. The third-order valence-corrected chi connectivity index (χ3v) is 6.53. The van der Waals surface area contributed by atoms with Gasteiger partial charge in [-0.15, -0.1) is 0 Å². The van der Waals surface area contributed by atoms with Gasteiger partial charge in [0.1, 0.15) is 11.9 Å². The van der Waals surface area contributed by atoms with Crippen LogP contribution in [-0.4, -0.2) is 30.4 Å². The molecule has 1 heterocycles. The van der Waals surface area contributed by atoms with E-state index in [9.17, 15) is 17.6 Å². The Morgan fingerprint density at radius 2 is 1.96 bits per heavy atom. The van der Waals surface area contributed by atoms with Gasteiger partial charge < -0.3 is 5.32 Å². The van der Waals surface area contributed by atoms with Crippen molar-refractivity contribution in [1.82, 2.24) is 4.31 Å². The largest absolute Gasteiger partial charge is 0.325 e. The SMILES string of the molecule is CCS(=O)(=O)N1Cc2ccccc2C[C@@H]1C(=O)Nc1ccc(F)c(Cl)c1. The van der Waals surface area contributed by atoms with Crippen LogP contribution >= 0.6 is 11.6 Å². The van der Waals surface area contributed by atoms with Gasteiger partial charge in [0.2, 0.25) is 15.9 Å². The van der Waals surface area contributed by atoms with Crippen LogP contribution in [-0.2, 0) is 27.8 Å². The van der Waals surface area contributed by atoms with Gasteiger partial charge in [-0.25, -0.2) is 12.8 Å². The van der Waals surface area contributed by atoms with Crippen molar-refractivity contribution in [2.75, 3.05) is 11.1 Å². The van der Waals surface area contributed by atoms with E-state index in [0.29, 0.717) is 5.69 Å². The molecule has 26 heavy (non-hydrogen) atoms. The molecular weight excluding hydrogens is 379 g/mol. The zero-order valence-electron chi connectivity index (χ0n) is 14.1. The lowest BCUT2D eigenvalue weighted by Gasteiger charge is -2.34. The van der Waals surface area contributed by atoms with E-state index in [4.69, 9.17) is 11.6 Å². The Bertz CT molecular complexity index is 949. The number of rotatable bonds is 4. The lowest BCUT2D eigenvalue weighted by Crippen LogP contribution is -2.51. The topological polar surface area (TPSA) is 66.5 Å². The average molecular weight is 397 g/mol. The van der Waals surface area contributed by atoms with Crippen molar-refractivity contribution in [3.63, 3.8) is 0 Å². The molecule has 1 amide bonds. The van der Waals surface area contributed by atoms with Crippen molar-refractivity contribution in [3.05, 3.63) is 64.4 Å². The van der Waals surface area contributed by atoms with Crippen LogP contribution in [0.3, 0.4) is 0 Å².